The van der Waals surface area contributed by atoms with Crippen molar-refractivity contribution >= 4 is 0 Å². The maximum Gasteiger partial charge on any atom is 0.141 e. The van der Waals surface area contributed by atoms with E-state index in [0.29, 0.717) is 6.04 Å². The number of hydrogen-bond donors (Lipinski definition) is 1. The quantitative estimate of drug-likeness (QED) is 0.933. The Kier molecular flexibility index (Phi) is 3.75. The molecule has 2 aromatic heterocycles. The lowest BCUT2D eigenvalue weighted by atomic mass is 10.0. The Morgan fingerprint density at radius 2 is 2.10 bits per heavy atom. The second-order valence-corrected chi connectivity index (χ2v) is 6.61. The largest absolute Gasteiger partial charge is 0.286 e. The SMILES string of the molecule is CC(C)(C)n1ncnc1CN1CCCC[C@@H]1c1ncn[nH]1. The first-order chi connectivity index (χ1) is 10.1. The monoisotopic (exact) mass is 289 g/mol. The minimum atomic E-state index is -0.0522. The van der Waals surface area contributed by atoms with Crippen LogP contribution in [0.15, 0.2) is 12.7 Å². The minimum Gasteiger partial charge on any atom is -0.286 e. The Balaban J connectivity index is 1.81. The Labute approximate surface area is 124 Å². The van der Waals surface area contributed by atoms with Gasteiger partial charge < -0.3 is 0 Å². The molecule has 2 aromatic rings. The van der Waals surface area contributed by atoms with Crippen molar-refractivity contribution in [1.82, 2.24) is 34.8 Å². The number of aromatic amines is 1. The molecule has 1 aliphatic rings. The zero-order valence-electron chi connectivity index (χ0n) is 13.0. The normalized spacial score (nSPS) is 20.8. The van der Waals surface area contributed by atoms with Gasteiger partial charge in [-0.1, -0.05) is 6.42 Å². The molecular formula is C14H23N7. The number of hydrogen-bond acceptors (Lipinski definition) is 5. The van der Waals surface area contributed by atoms with Crippen LogP contribution in [-0.2, 0) is 12.1 Å². The average molecular weight is 289 g/mol. The van der Waals surface area contributed by atoms with Gasteiger partial charge in [0.2, 0.25) is 0 Å². The highest BCUT2D eigenvalue weighted by Crippen LogP contribution is 2.30. The first-order valence-electron chi connectivity index (χ1n) is 7.54. The average Bonchev–Trinajstić information content (AvgIpc) is 3.09. The number of nitrogens with one attached hydrogen (secondary N) is 1. The molecule has 0 radical (unpaired) electrons. The Hall–Kier alpha value is -1.76. The summed E-state index contributed by atoms with van der Waals surface area (Å²) in [5, 5.41) is 11.4. The van der Waals surface area contributed by atoms with Crippen LogP contribution in [0.4, 0.5) is 0 Å². The molecule has 3 heterocycles. The van der Waals surface area contributed by atoms with Crippen LogP contribution in [0.25, 0.3) is 0 Å². The van der Waals surface area contributed by atoms with Crippen LogP contribution >= 0.6 is 0 Å². The zero-order chi connectivity index (χ0) is 14.9. The Morgan fingerprint density at radius 1 is 1.24 bits per heavy atom. The summed E-state index contributed by atoms with van der Waals surface area (Å²) in [4.78, 5) is 11.2. The van der Waals surface area contributed by atoms with Gasteiger partial charge in [-0.25, -0.2) is 14.6 Å². The van der Waals surface area contributed by atoms with E-state index in [1.807, 2.05) is 4.68 Å². The summed E-state index contributed by atoms with van der Waals surface area (Å²) >= 11 is 0. The summed E-state index contributed by atoms with van der Waals surface area (Å²) in [6, 6.07) is 0.298. The molecule has 1 saturated heterocycles. The third kappa shape index (κ3) is 2.97. The van der Waals surface area contributed by atoms with Gasteiger partial charge in [0, 0.05) is 0 Å². The number of rotatable bonds is 3. The molecule has 1 N–H and O–H groups in total. The zero-order valence-corrected chi connectivity index (χ0v) is 13.0. The van der Waals surface area contributed by atoms with Gasteiger partial charge in [0.15, 0.2) is 0 Å². The van der Waals surface area contributed by atoms with Gasteiger partial charge in [-0.3, -0.25) is 10.00 Å². The van der Waals surface area contributed by atoms with Crippen molar-refractivity contribution in [3.05, 3.63) is 24.3 Å². The molecule has 0 bridgehead atoms. The van der Waals surface area contributed by atoms with E-state index < -0.39 is 0 Å². The van der Waals surface area contributed by atoms with Gasteiger partial charge in [0.05, 0.1) is 18.1 Å². The van der Waals surface area contributed by atoms with Crippen molar-refractivity contribution in [2.75, 3.05) is 6.54 Å². The maximum absolute atomic E-state index is 4.46. The molecule has 3 rings (SSSR count). The van der Waals surface area contributed by atoms with E-state index in [-0.39, 0.29) is 5.54 Å². The third-order valence-electron chi connectivity index (χ3n) is 3.96. The summed E-state index contributed by atoms with van der Waals surface area (Å²) in [5.41, 5.74) is -0.0522. The highest BCUT2D eigenvalue weighted by atomic mass is 15.4. The van der Waals surface area contributed by atoms with Crippen LogP contribution in [0.2, 0.25) is 0 Å². The lowest BCUT2D eigenvalue weighted by Gasteiger charge is -2.34. The minimum absolute atomic E-state index is 0.0522. The molecule has 0 aliphatic carbocycles. The van der Waals surface area contributed by atoms with Crippen LogP contribution in [0.1, 0.15) is 57.7 Å². The Bertz CT molecular complexity index is 566. The second-order valence-electron chi connectivity index (χ2n) is 6.61. The fourth-order valence-electron chi connectivity index (χ4n) is 2.98. The molecule has 1 fully saturated rings. The fraction of sp³-hybridized carbons (Fsp3) is 0.714. The predicted octanol–water partition coefficient (Wildman–Crippen LogP) is 1.88. The first kappa shape index (κ1) is 14.2. The predicted molar refractivity (Wildman–Crippen MR) is 78.4 cm³/mol. The molecule has 0 spiro atoms. The van der Waals surface area contributed by atoms with Crippen molar-refractivity contribution in [3.8, 4) is 0 Å². The van der Waals surface area contributed by atoms with E-state index >= 15 is 0 Å². The van der Waals surface area contributed by atoms with E-state index in [1.165, 1.54) is 12.8 Å². The van der Waals surface area contributed by atoms with Gasteiger partial charge in [-0.05, 0) is 40.2 Å². The number of likely N-dealkylation sites (tertiary alicyclic amines) is 1. The molecule has 7 heteroatoms. The molecular weight excluding hydrogens is 266 g/mol. The molecule has 1 aliphatic heterocycles. The van der Waals surface area contributed by atoms with Gasteiger partial charge in [-0.15, -0.1) is 0 Å². The third-order valence-corrected chi connectivity index (χ3v) is 3.96. The number of piperidine rings is 1. The van der Waals surface area contributed by atoms with Crippen LogP contribution < -0.4 is 0 Å². The summed E-state index contributed by atoms with van der Waals surface area (Å²) in [7, 11) is 0. The molecule has 0 amide bonds. The van der Waals surface area contributed by atoms with Gasteiger partial charge in [0.25, 0.3) is 0 Å². The van der Waals surface area contributed by atoms with Gasteiger partial charge >= 0.3 is 0 Å². The van der Waals surface area contributed by atoms with Crippen LogP contribution in [0.3, 0.4) is 0 Å². The van der Waals surface area contributed by atoms with Crippen LogP contribution in [0, 0.1) is 0 Å². The molecule has 0 saturated carbocycles. The fourth-order valence-corrected chi connectivity index (χ4v) is 2.98. The summed E-state index contributed by atoms with van der Waals surface area (Å²) in [5.74, 6) is 1.96. The number of H-pyrrole nitrogens is 1. The second kappa shape index (κ2) is 5.55. The summed E-state index contributed by atoms with van der Waals surface area (Å²) in [6.07, 6.45) is 6.79. The number of nitrogens with zero attached hydrogens (tertiary/aromatic N) is 6. The highest BCUT2D eigenvalue weighted by molar-refractivity contribution is 4.98. The molecule has 7 nitrogen and oxygen atoms in total. The smallest absolute Gasteiger partial charge is 0.141 e. The maximum atomic E-state index is 4.46. The molecule has 0 unspecified atom stereocenters. The van der Waals surface area contributed by atoms with Crippen molar-refractivity contribution < 1.29 is 0 Å². The van der Waals surface area contributed by atoms with Gasteiger partial charge in [-0.2, -0.15) is 10.2 Å². The van der Waals surface area contributed by atoms with E-state index in [4.69, 9.17) is 0 Å². The van der Waals surface area contributed by atoms with E-state index in [0.717, 1.165) is 31.2 Å². The summed E-state index contributed by atoms with van der Waals surface area (Å²) < 4.78 is 2.01. The Morgan fingerprint density at radius 3 is 2.81 bits per heavy atom. The molecule has 1 atom stereocenters. The molecule has 21 heavy (non-hydrogen) atoms. The van der Waals surface area contributed by atoms with Crippen molar-refractivity contribution in [2.45, 2.75) is 58.2 Å². The molecule has 0 aromatic carbocycles. The van der Waals surface area contributed by atoms with E-state index in [9.17, 15) is 0 Å². The van der Waals surface area contributed by atoms with Crippen LogP contribution in [0.5, 0.6) is 0 Å². The topological polar surface area (TPSA) is 75.5 Å². The van der Waals surface area contributed by atoms with Crippen LogP contribution in [-0.4, -0.2) is 41.4 Å². The van der Waals surface area contributed by atoms with E-state index in [2.05, 4.69) is 50.9 Å². The molecule has 114 valence electrons. The lowest BCUT2D eigenvalue weighted by molar-refractivity contribution is 0.125. The first-order valence-corrected chi connectivity index (χ1v) is 7.54. The highest BCUT2D eigenvalue weighted by Gasteiger charge is 2.28. The van der Waals surface area contributed by atoms with E-state index in [1.54, 1.807) is 12.7 Å². The summed E-state index contributed by atoms with van der Waals surface area (Å²) in [6.45, 7) is 8.30. The standard InChI is InChI=1S/C14H23N7/c1-14(2,3)21-12(15-10-18-21)8-20-7-5-4-6-11(20)13-16-9-17-19-13/h9-11H,4-8H2,1-3H3,(H,16,17,19)/t11-/m1/s1. The van der Waals surface area contributed by atoms with Crippen molar-refractivity contribution in [1.29, 1.82) is 0 Å². The number of aromatic nitrogens is 6. The van der Waals surface area contributed by atoms with Crippen molar-refractivity contribution in [2.24, 2.45) is 0 Å². The van der Waals surface area contributed by atoms with Gasteiger partial charge in [0.1, 0.15) is 24.3 Å². The lowest BCUT2D eigenvalue weighted by Crippen LogP contribution is -2.36. The van der Waals surface area contributed by atoms with Crippen molar-refractivity contribution in [3.63, 3.8) is 0 Å².